The quantitative estimate of drug-likeness (QED) is 0.621. The zero-order valence-corrected chi connectivity index (χ0v) is 15.6. The Bertz CT molecular complexity index is 1040. The van der Waals surface area contributed by atoms with Gasteiger partial charge in [-0.05, 0) is 44.2 Å². The molecule has 0 aliphatic carbocycles. The molecule has 7 nitrogen and oxygen atoms in total. The van der Waals surface area contributed by atoms with Crippen LogP contribution in [0.15, 0.2) is 54.6 Å². The maximum atomic E-state index is 12.1. The van der Waals surface area contributed by atoms with E-state index in [4.69, 9.17) is 10.00 Å². The number of nitrogens with one attached hydrogen (secondary N) is 2. The van der Waals surface area contributed by atoms with Crippen molar-refractivity contribution in [1.29, 1.82) is 5.26 Å². The molecule has 0 bridgehead atoms. The highest BCUT2D eigenvalue weighted by molar-refractivity contribution is 5.96. The number of carbonyl (C=O) groups excluding carboxylic acids is 1. The lowest BCUT2D eigenvalue weighted by atomic mass is 10.2. The molecule has 1 heterocycles. The number of rotatable bonds is 6. The highest BCUT2D eigenvalue weighted by Gasteiger charge is 2.13. The minimum absolute atomic E-state index is 0.296. The van der Waals surface area contributed by atoms with Gasteiger partial charge in [-0.2, -0.15) is 10.2 Å². The molecular weight excluding hydrogens is 354 g/mol. The van der Waals surface area contributed by atoms with Crippen molar-refractivity contribution in [1.82, 2.24) is 9.97 Å². The Hall–Kier alpha value is -3.92. The topological polar surface area (TPSA) is 99.9 Å². The van der Waals surface area contributed by atoms with Crippen LogP contribution in [0.3, 0.4) is 0 Å². The van der Waals surface area contributed by atoms with Crippen LogP contribution < -0.4 is 10.6 Å². The molecule has 7 heteroatoms. The Morgan fingerprint density at radius 3 is 2.71 bits per heavy atom. The number of ether oxygens (including phenoxy) is 1. The molecule has 0 saturated carbocycles. The lowest BCUT2D eigenvalue weighted by Gasteiger charge is -2.12. The maximum Gasteiger partial charge on any atom is 0.340 e. The molecule has 0 radical (unpaired) electrons. The average molecular weight is 373 g/mol. The van der Waals surface area contributed by atoms with E-state index in [1.807, 2.05) is 19.1 Å². The van der Waals surface area contributed by atoms with Gasteiger partial charge in [0.25, 0.3) is 0 Å². The zero-order valence-electron chi connectivity index (χ0n) is 15.6. The molecule has 1 aromatic heterocycles. The zero-order chi connectivity index (χ0) is 19.9. The second-order valence-electron chi connectivity index (χ2n) is 5.93. The highest BCUT2D eigenvalue weighted by Crippen LogP contribution is 2.22. The summed E-state index contributed by atoms with van der Waals surface area (Å²) < 4.78 is 5.10. The summed E-state index contributed by atoms with van der Waals surface area (Å²) in [4.78, 5) is 21.0. The highest BCUT2D eigenvalue weighted by atomic mass is 16.5. The molecule has 2 N–H and O–H groups in total. The molecule has 2 aromatic carbocycles. The number of nitrogens with zero attached hydrogens (tertiary/aromatic N) is 3. The largest absolute Gasteiger partial charge is 0.462 e. The Morgan fingerprint density at radius 2 is 1.93 bits per heavy atom. The van der Waals surface area contributed by atoms with Gasteiger partial charge in [-0.15, -0.1) is 0 Å². The molecule has 0 aliphatic heterocycles. The smallest absolute Gasteiger partial charge is 0.340 e. The summed E-state index contributed by atoms with van der Waals surface area (Å²) in [6.07, 6.45) is 0. The third-order valence-electron chi connectivity index (χ3n) is 3.79. The molecule has 140 valence electrons. The van der Waals surface area contributed by atoms with E-state index in [1.54, 1.807) is 49.4 Å². The third-order valence-corrected chi connectivity index (χ3v) is 3.79. The van der Waals surface area contributed by atoms with E-state index >= 15 is 0 Å². The molecule has 3 aromatic rings. The number of esters is 1. The van der Waals surface area contributed by atoms with Crippen molar-refractivity contribution in [2.24, 2.45) is 0 Å². The lowest BCUT2D eigenvalue weighted by molar-refractivity contribution is 0.0527. The van der Waals surface area contributed by atoms with Crippen LogP contribution in [0.5, 0.6) is 0 Å². The number of anilines is 4. The fourth-order valence-electron chi connectivity index (χ4n) is 2.60. The van der Waals surface area contributed by atoms with Crippen LogP contribution in [0.4, 0.5) is 23.1 Å². The number of aromatic nitrogens is 2. The van der Waals surface area contributed by atoms with Gasteiger partial charge in [0.05, 0.1) is 29.5 Å². The summed E-state index contributed by atoms with van der Waals surface area (Å²) in [5.41, 5.74) is 3.01. The molecular formula is C21H19N5O2. The first-order chi connectivity index (χ1) is 13.6. The monoisotopic (exact) mass is 373 g/mol. The number of para-hydroxylation sites is 1. The minimum Gasteiger partial charge on any atom is -0.462 e. The predicted octanol–water partition coefficient (Wildman–Crippen LogP) is 4.32. The number of aryl methyl sites for hydroxylation is 1. The van der Waals surface area contributed by atoms with Gasteiger partial charge in [0.1, 0.15) is 5.82 Å². The first-order valence-electron chi connectivity index (χ1n) is 8.75. The maximum absolute atomic E-state index is 12.1. The molecule has 0 amide bonds. The van der Waals surface area contributed by atoms with E-state index in [-0.39, 0.29) is 0 Å². The minimum atomic E-state index is -0.412. The van der Waals surface area contributed by atoms with E-state index in [2.05, 4.69) is 26.7 Å². The molecule has 0 atom stereocenters. The van der Waals surface area contributed by atoms with Gasteiger partial charge in [0.2, 0.25) is 5.95 Å². The van der Waals surface area contributed by atoms with Crippen molar-refractivity contribution in [3.63, 3.8) is 0 Å². The molecule has 28 heavy (non-hydrogen) atoms. The van der Waals surface area contributed by atoms with Crippen LogP contribution in [-0.4, -0.2) is 22.5 Å². The van der Waals surface area contributed by atoms with Gasteiger partial charge in [-0.3, -0.25) is 0 Å². The third kappa shape index (κ3) is 4.62. The van der Waals surface area contributed by atoms with Crippen molar-refractivity contribution in [3.05, 3.63) is 71.4 Å². The van der Waals surface area contributed by atoms with E-state index in [0.29, 0.717) is 35.2 Å². The van der Waals surface area contributed by atoms with Crippen LogP contribution in [0.1, 0.15) is 28.5 Å². The van der Waals surface area contributed by atoms with Crippen LogP contribution in [-0.2, 0) is 4.74 Å². The van der Waals surface area contributed by atoms with Crippen molar-refractivity contribution < 1.29 is 9.53 Å². The van der Waals surface area contributed by atoms with Crippen molar-refractivity contribution in [2.45, 2.75) is 13.8 Å². The standard InChI is InChI=1S/C21H19N5O2/c1-3-28-20(27)17-9-4-5-10-18(17)25-21-23-14(2)11-19(26-21)24-16-8-6-7-15(12-16)13-22/h4-12H,3H2,1-2H3,(H2,23,24,25,26). The second-order valence-corrected chi connectivity index (χ2v) is 5.93. The van der Waals surface area contributed by atoms with Gasteiger partial charge in [0.15, 0.2) is 0 Å². The molecule has 3 rings (SSSR count). The van der Waals surface area contributed by atoms with Crippen molar-refractivity contribution in [3.8, 4) is 6.07 Å². The number of hydrogen-bond acceptors (Lipinski definition) is 7. The fraction of sp³-hybridized carbons (Fsp3) is 0.143. The molecule has 0 aliphatic rings. The van der Waals surface area contributed by atoms with E-state index in [1.165, 1.54) is 0 Å². The summed E-state index contributed by atoms with van der Waals surface area (Å²) in [5.74, 6) is 0.499. The number of hydrogen-bond donors (Lipinski definition) is 2. The summed E-state index contributed by atoms with van der Waals surface area (Å²) >= 11 is 0. The van der Waals surface area contributed by atoms with Crippen LogP contribution in [0.25, 0.3) is 0 Å². The first kappa shape index (κ1) is 18.9. The Kier molecular flexibility index (Phi) is 5.82. The Balaban J connectivity index is 1.87. The lowest BCUT2D eigenvalue weighted by Crippen LogP contribution is -2.09. The normalized spacial score (nSPS) is 10.0. The van der Waals surface area contributed by atoms with Crippen LogP contribution in [0.2, 0.25) is 0 Å². The van der Waals surface area contributed by atoms with Crippen molar-refractivity contribution in [2.75, 3.05) is 17.2 Å². The van der Waals surface area contributed by atoms with Gasteiger partial charge in [-0.25, -0.2) is 9.78 Å². The number of nitriles is 1. The molecule has 0 spiro atoms. The van der Waals surface area contributed by atoms with E-state index < -0.39 is 5.97 Å². The van der Waals surface area contributed by atoms with E-state index in [9.17, 15) is 4.79 Å². The summed E-state index contributed by atoms with van der Waals surface area (Å²) in [6.45, 7) is 3.90. The summed E-state index contributed by atoms with van der Waals surface area (Å²) in [5, 5.41) is 15.3. The Morgan fingerprint density at radius 1 is 1.11 bits per heavy atom. The van der Waals surface area contributed by atoms with Crippen LogP contribution >= 0.6 is 0 Å². The van der Waals surface area contributed by atoms with Gasteiger partial charge >= 0.3 is 5.97 Å². The van der Waals surface area contributed by atoms with E-state index in [0.717, 1.165) is 11.4 Å². The summed E-state index contributed by atoms with van der Waals surface area (Å²) in [7, 11) is 0. The average Bonchev–Trinajstić information content (AvgIpc) is 2.68. The number of benzene rings is 2. The number of carbonyl (C=O) groups is 1. The first-order valence-corrected chi connectivity index (χ1v) is 8.75. The molecule has 0 saturated heterocycles. The van der Waals surface area contributed by atoms with Gasteiger partial charge < -0.3 is 15.4 Å². The fourth-order valence-corrected chi connectivity index (χ4v) is 2.60. The molecule has 0 unspecified atom stereocenters. The van der Waals surface area contributed by atoms with Crippen LogP contribution in [0, 0.1) is 18.3 Å². The second kappa shape index (κ2) is 8.64. The molecule has 0 fully saturated rings. The van der Waals surface area contributed by atoms with Crippen molar-refractivity contribution >= 4 is 29.1 Å². The SMILES string of the molecule is CCOC(=O)c1ccccc1Nc1nc(C)cc(Nc2cccc(C#N)c2)n1. The predicted molar refractivity (Wildman–Crippen MR) is 107 cm³/mol. The Labute approximate surface area is 163 Å². The van der Waals surface area contributed by atoms with Gasteiger partial charge in [-0.1, -0.05) is 18.2 Å². The van der Waals surface area contributed by atoms with Gasteiger partial charge in [0, 0.05) is 17.4 Å². The summed E-state index contributed by atoms with van der Waals surface area (Å²) in [6, 6.07) is 18.0.